The maximum atomic E-state index is 12.7. The Morgan fingerprint density at radius 1 is 1.00 bits per heavy atom. The molecule has 1 saturated heterocycles. The van der Waals surface area contributed by atoms with Crippen LogP contribution in [0.2, 0.25) is 0 Å². The average Bonchev–Trinajstić information content (AvgIpc) is 2.83. The Bertz CT molecular complexity index is 1330. The maximum absolute atomic E-state index is 12.7. The molecule has 0 unspecified atom stereocenters. The zero-order chi connectivity index (χ0) is 26.1. The lowest BCUT2D eigenvalue weighted by Crippen LogP contribution is -2.60. The van der Waals surface area contributed by atoms with E-state index in [1.807, 2.05) is 0 Å². The molecule has 0 amide bonds. The van der Waals surface area contributed by atoms with Gasteiger partial charge in [-0.25, -0.2) is 0 Å². The largest absolute Gasteiger partial charge is 0.507 e. The van der Waals surface area contributed by atoms with Gasteiger partial charge in [-0.3, -0.25) is 9.59 Å². The van der Waals surface area contributed by atoms with Crippen LogP contribution in [0.1, 0.15) is 6.92 Å². The predicted octanol–water partition coefficient (Wildman–Crippen LogP) is 0.629. The molecule has 0 radical (unpaired) electrons. The number of aliphatic hydroxyl groups excluding tert-OH is 3. The number of phenolic OH excluding ortho intramolecular Hbond substituents is 2. The molecule has 0 spiro atoms. The summed E-state index contributed by atoms with van der Waals surface area (Å²) in [5.74, 6) is -1.06. The number of methoxy groups -OCH3 is 1. The molecule has 0 saturated carbocycles. The van der Waals surface area contributed by atoms with E-state index in [0.717, 1.165) is 13.0 Å². The summed E-state index contributed by atoms with van der Waals surface area (Å²) in [5, 5.41) is 50.8. The molecule has 4 rings (SSSR count). The Morgan fingerprint density at radius 2 is 1.75 bits per heavy atom. The third-order valence-corrected chi connectivity index (χ3v) is 5.62. The van der Waals surface area contributed by atoms with E-state index in [9.17, 15) is 35.1 Å². The van der Waals surface area contributed by atoms with Gasteiger partial charge in [-0.1, -0.05) is 0 Å². The molecule has 12 nitrogen and oxygen atoms in total. The summed E-state index contributed by atoms with van der Waals surface area (Å²) >= 11 is 0. The van der Waals surface area contributed by atoms with Gasteiger partial charge in [-0.2, -0.15) is 0 Å². The average molecular weight is 504 g/mol. The van der Waals surface area contributed by atoms with Crippen molar-refractivity contribution in [3.05, 3.63) is 46.6 Å². The van der Waals surface area contributed by atoms with Crippen LogP contribution in [0.4, 0.5) is 0 Å². The van der Waals surface area contributed by atoms with Gasteiger partial charge in [0.05, 0.1) is 7.11 Å². The number of fused-ring (bicyclic) bond motifs is 1. The van der Waals surface area contributed by atoms with Crippen molar-refractivity contribution in [2.75, 3.05) is 13.7 Å². The Labute approximate surface area is 203 Å². The smallest absolute Gasteiger partial charge is 0.302 e. The second-order valence-corrected chi connectivity index (χ2v) is 8.11. The van der Waals surface area contributed by atoms with Crippen molar-refractivity contribution in [3.8, 4) is 34.3 Å². The number of benzene rings is 2. The highest BCUT2D eigenvalue weighted by Gasteiger charge is 2.45. The summed E-state index contributed by atoms with van der Waals surface area (Å²) in [4.78, 5) is 23.8. The van der Waals surface area contributed by atoms with Crippen molar-refractivity contribution >= 4 is 16.9 Å². The van der Waals surface area contributed by atoms with Gasteiger partial charge in [0.1, 0.15) is 59.3 Å². The van der Waals surface area contributed by atoms with E-state index >= 15 is 0 Å². The molecule has 192 valence electrons. The molecule has 1 aromatic heterocycles. The highest BCUT2D eigenvalue weighted by Crippen LogP contribution is 2.35. The van der Waals surface area contributed by atoms with E-state index in [-0.39, 0.29) is 34.0 Å². The number of carbonyl (C=O) groups is 1. The monoisotopic (exact) mass is 504 g/mol. The normalized spacial score (nSPS) is 23.9. The minimum atomic E-state index is -1.70. The molecule has 5 N–H and O–H groups in total. The number of hydrogen-bond donors (Lipinski definition) is 5. The van der Waals surface area contributed by atoms with Crippen LogP contribution in [0.3, 0.4) is 0 Å². The first-order valence-corrected chi connectivity index (χ1v) is 10.8. The number of hydrogen-bond acceptors (Lipinski definition) is 12. The third-order valence-electron chi connectivity index (χ3n) is 5.62. The lowest BCUT2D eigenvalue weighted by molar-refractivity contribution is -0.278. The number of phenols is 2. The van der Waals surface area contributed by atoms with Crippen molar-refractivity contribution in [2.24, 2.45) is 0 Å². The van der Waals surface area contributed by atoms with Crippen LogP contribution < -0.4 is 14.9 Å². The number of esters is 1. The van der Waals surface area contributed by atoms with Gasteiger partial charge in [0.15, 0.2) is 16.9 Å². The zero-order valence-corrected chi connectivity index (χ0v) is 19.2. The van der Waals surface area contributed by atoms with Crippen molar-refractivity contribution in [2.45, 2.75) is 37.6 Å². The topological polar surface area (TPSA) is 185 Å². The van der Waals surface area contributed by atoms with Crippen LogP contribution in [0, 0.1) is 0 Å². The van der Waals surface area contributed by atoms with Crippen LogP contribution in [0.25, 0.3) is 22.3 Å². The lowest BCUT2D eigenvalue weighted by Gasteiger charge is -2.39. The molecule has 2 heterocycles. The molecule has 2 aromatic carbocycles. The third kappa shape index (κ3) is 4.93. The fraction of sp³-hybridized carbons (Fsp3) is 0.333. The summed E-state index contributed by atoms with van der Waals surface area (Å²) in [5.41, 5.74) is -0.218. The second kappa shape index (κ2) is 10.0. The molecule has 5 atom stereocenters. The fourth-order valence-electron chi connectivity index (χ4n) is 3.77. The van der Waals surface area contributed by atoms with Gasteiger partial charge >= 0.3 is 5.97 Å². The summed E-state index contributed by atoms with van der Waals surface area (Å²) in [7, 11) is 1.37. The van der Waals surface area contributed by atoms with Crippen LogP contribution in [0.15, 0.2) is 45.6 Å². The molecule has 1 aliphatic heterocycles. The SMILES string of the molecule is COc1cc(-c2cc(=O)c3c(O)cc(O[C@@H]4O[C@H](COC(C)=O)[C@@H](O)[C@H](O)[C@H]4O)cc3o2)ccc1O. The van der Waals surface area contributed by atoms with E-state index in [1.165, 1.54) is 37.4 Å². The van der Waals surface area contributed by atoms with Gasteiger partial charge in [0, 0.05) is 30.7 Å². The van der Waals surface area contributed by atoms with Crippen LogP contribution in [-0.2, 0) is 14.3 Å². The van der Waals surface area contributed by atoms with E-state index in [2.05, 4.69) is 0 Å². The number of ether oxygens (including phenoxy) is 4. The summed E-state index contributed by atoms with van der Waals surface area (Å²) < 4.78 is 26.8. The molecule has 1 fully saturated rings. The van der Waals surface area contributed by atoms with E-state index in [4.69, 9.17) is 23.4 Å². The Hall–Kier alpha value is -3.84. The summed E-state index contributed by atoms with van der Waals surface area (Å²) in [6.45, 7) is 0.750. The lowest BCUT2D eigenvalue weighted by atomic mass is 9.99. The van der Waals surface area contributed by atoms with Gasteiger partial charge < -0.3 is 48.9 Å². The zero-order valence-electron chi connectivity index (χ0n) is 19.2. The first-order valence-electron chi connectivity index (χ1n) is 10.8. The van der Waals surface area contributed by atoms with Crippen LogP contribution in [0.5, 0.6) is 23.0 Å². The van der Waals surface area contributed by atoms with Gasteiger partial charge in [0.2, 0.25) is 6.29 Å². The van der Waals surface area contributed by atoms with Crippen LogP contribution >= 0.6 is 0 Å². The summed E-state index contributed by atoms with van der Waals surface area (Å²) in [6.07, 6.45) is -7.69. The number of aliphatic hydroxyl groups is 3. The Morgan fingerprint density at radius 3 is 2.44 bits per heavy atom. The van der Waals surface area contributed by atoms with E-state index in [0.29, 0.717) is 5.56 Å². The van der Waals surface area contributed by atoms with E-state index < -0.39 is 54.5 Å². The molecular weight excluding hydrogens is 480 g/mol. The second-order valence-electron chi connectivity index (χ2n) is 8.11. The van der Waals surface area contributed by atoms with Crippen molar-refractivity contribution in [3.63, 3.8) is 0 Å². The van der Waals surface area contributed by atoms with E-state index in [1.54, 1.807) is 0 Å². The van der Waals surface area contributed by atoms with Gasteiger partial charge in [-0.05, 0) is 18.2 Å². The quantitative estimate of drug-likeness (QED) is 0.295. The molecule has 0 bridgehead atoms. The number of aromatic hydroxyl groups is 2. The number of rotatable bonds is 6. The maximum Gasteiger partial charge on any atom is 0.302 e. The fourth-order valence-corrected chi connectivity index (χ4v) is 3.77. The van der Waals surface area contributed by atoms with Gasteiger partial charge in [0.25, 0.3) is 0 Å². The Balaban J connectivity index is 1.67. The van der Waals surface area contributed by atoms with Gasteiger partial charge in [-0.15, -0.1) is 0 Å². The molecule has 36 heavy (non-hydrogen) atoms. The van der Waals surface area contributed by atoms with Crippen molar-refractivity contribution in [1.29, 1.82) is 0 Å². The summed E-state index contributed by atoms with van der Waals surface area (Å²) in [6, 6.07) is 7.86. The molecule has 1 aliphatic rings. The minimum Gasteiger partial charge on any atom is -0.507 e. The molecular formula is C24H24O12. The molecule has 12 heteroatoms. The van der Waals surface area contributed by atoms with Crippen LogP contribution in [-0.4, -0.2) is 75.9 Å². The van der Waals surface area contributed by atoms with Crippen molar-refractivity contribution in [1.82, 2.24) is 0 Å². The molecule has 0 aliphatic carbocycles. The predicted molar refractivity (Wildman–Crippen MR) is 122 cm³/mol. The first-order chi connectivity index (χ1) is 17.1. The minimum absolute atomic E-state index is 0.0677. The molecule has 3 aromatic rings. The standard InChI is InChI=1S/C24H24O12/c1-10(25)33-9-19-21(29)22(30)23(31)24(36-19)34-12-6-14(27)20-15(28)8-16(35-18(20)7-12)11-3-4-13(26)17(5-11)32-2/h3-8,19,21-24,26-27,29-31H,9H2,1-2H3/t19-,21-,22+,23-,24-/m1/s1. The first kappa shape index (κ1) is 25.3. The van der Waals surface area contributed by atoms with Crippen molar-refractivity contribution < 1.29 is 53.7 Å². The highest BCUT2D eigenvalue weighted by atomic mass is 16.7. The highest BCUT2D eigenvalue weighted by molar-refractivity contribution is 5.86. The number of carbonyl (C=O) groups excluding carboxylic acids is 1. The Kier molecular flexibility index (Phi) is 7.04.